The second-order valence-corrected chi connectivity index (χ2v) is 7.72. The van der Waals surface area contributed by atoms with E-state index >= 15 is 0 Å². The van der Waals surface area contributed by atoms with Crippen LogP contribution in [-0.2, 0) is 27.7 Å². The van der Waals surface area contributed by atoms with Crippen LogP contribution in [0.3, 0.4) is 0 Å². The van der Waals surface area contributed by atoms with Gasteiger partial charge in [0.1, 0.15) is 5.82 Å². The van der Waals surface area contributed by atoms with Crippen molar-refractivity contribution in [3.8, 4) is 0 Å². The first-order valence-corrected chi connectivity index (χ1v) is 9.23. The number of nitrogens with zero attached hydrogens (tertiary/aromatic N) is 2. The number of aromatic nitrogens is 2. The van der Waals surface area contributed by atoms with E-state index in [1.54, 1.807) is 0 Å². The third kappa shape index (κ3) is 3.00. The Hall–Kier alpha value is -0.920. The molecule has 1 aliphatic heterocycles. The lowest BCUT2D eigenvalue weighted by molar-refractivity contribution is -0.0420. The molecule has 0 amide bonds. The molecule has 1 spiro atoms. The number of hydrogen-bond acceptors (Lipinski definition) is 4. The predicted molar refractivity (Wildman–Crippen MR) is 78.3 cm³/mol. The van der Waals surface area contributed by atoms with E-state index in [0.717, 1.165) is 31.5 Å². The number of aryl methyl sites for hydroxylation is 1. The first-order valence-electron chi connectivity index (χ1n) is 7.68. The van der Waals surface area contributed by atoms with Crippen LogP contribution in [0, 0.1) is 0 Å². The highest BCUT2D eigenvalue weighted by Gasteiger charge is 2.42. The fourth-order valence-electron chi connectivity index (χ4n) is 3.64. The van der Waals surface area contributed by atoms with E-state index in [9.17, 15) is 8.42 Å². The van der Waals surface area contributed by atoms with E-state index in [4.69, 9.17) is 9.88 Å². The summed E-state index contributed by atoms with van der Waals surface area (Å²) in [6.07, 6.45) is 9.36. The molecule has 1 aromatic heterocycles. The van der Waals surface area contributed by atoms with E-state index in [1.807, 2.05) is 11.5 Å². The molecule has 118 valence electrons. The fraction of sp³-hybridized carbons (Fsp3) is 0.786. The summed E-state index contributed by atoms with van der Waals surface area (Å²) in [6, 6.07) is 0. The molecule has 3 rings (SSSR count). The standard InChI is InChI=1S/C14H23N3O3S/c1-2-12-16-13(21(15,18)19)10-17(12)9-11-5-8-14(20-11)6-3-4-7-14/h10-11H,2-9H2,1H3,(H2,15,18,19). The van der Waals surface area contributed by atoms with Crippen molar-refractivity contribution in [2.45, 2.75) is 75.1 Å². The van der Waals surface area contributed by atoms with Gasteiger partial charge in [0, 0.05) is 12.6 Å². The molecule has 2 fully saturated rings. The minimum absolute atomic E-state index is 0.0482. The largest absolute Gasteiger partial charge is 0.370 e. The zero-order chi connectivity index (χ0) is 15.1. The molecule has 0 aromatic carbocycles. The fourth-order valence-corrected chi connectivity index (χ4v) is 4.14. The first kappa shape index (κ1) is 15.0. The summed E-state index contributed by atoms with van der Waals surface area (Å²) in [4.78, 5) is 4.13. The zero-order valence-corrected chi connectivity index (χ0v) is 13.2. The average molecular weight is 313 g/mol. The Kier molecular flexibility index (Phi) is 3.83. The second kappa shape index (κ2) is 5.37. The highest BCUT2D eigenvalue weighted by Crippen LogP contribution is 2.43. The third-order valence-corrected chi connectivity index (χ3v) is 5.48. The van der Waals surface area contributed by atoms with Gasteiger partial charge in [0.15, 0.2) is 5.03 Å². The van der Waals surface area contributed by atoms with E-state index in [1.165, 1.54) is 19.0 Å². The Morgan fingerprint density at radius 2 is 2.14 bits per heavy atom. The Balaban J connectivity index is 1.75. The SMILES string of the molecule is CCc1nc(S(N)(=O)=O)cn1CC1CCC2(CCCC2)O1. The number of ether oxygens (including phenoxy) is 1. The molecule has 21 heavy (non-hydrogen) atoms. The highest BCUT2D eigenvalue weighted by molar-refractivity contribution is 7.89. The molecule has 1 aliphatic carbocycles. The maximum Gasteiger partial charge on any atom is 0.257 e. The van der Waals surface area contributed by atoms with Crippen LogP contribution >= 0.6 is 0 Å². The van der Waals surface area contributed by atoms with Gasteiger partial charge in [0.25, 0.3) is 10.0 Å². The number of primary sulfonamides is 1. The summed E-state index contributed by atoms with van der Waals surface area (Å²) in [6.45, 7) is 2.62. The number of sulfonamides is 1. The molecule has 6 nitrogen and oxygen atoms in total. The molecule has 2 N–H and O–H groups in total. The van der Waals surface area contributed by atoms with Gasteiger partial charge < -0.3 is 9.30 Å². The van der Waals surface area contributed by atoms with Crippen molar-refractivity contribution in [1.29, 1.82) is 0 Å². The first-order chi connectivity index (χ1) is 9.92. The van der Waals surface area contributed by atoms with E-state index in [-0.39, 0.29) is 16.7 Å². The zero-order valence-electron chi connectivity index (χ0n) is 12.4. The molecular weight excluding hydrogens is 290 g/mol. The molecule has 1 atom stereocenters. The van der Waals surface area contributed by atoms with Crippen LogP contribution in [0.15, 0.2) is 11.2 Å². The highest BCUT2D eigenvalue weighted by atomic mass is 32.2. The molecule has 1 saturated carbocycles. The van der Waals surface area contributed by atoms with E-state index in [0.29, 0.717) is 13.0 Å². The van der Waals surface area contributed by atoms with Crippen LogP contribution in [-0.4, -0.2) is 29.7 Å². The molecule has 7 heteroatoms. The smallest absolute Gasteiger partial charge is 0.257 e. The normalized spacial score (nSPS) is 25.0. The quantitative estimate of drug-likeness (QED) is 0.914. The maximum atomic E-state index is 11.4. The van der Waals surface area contributed by atoms with Gasteiger partial charge in [-0.25, -0.2) is 18.5 Å². The van der Waals surface area contributed by atoms with Crippen LogP contribution < -0.4 is 5.14 Å². The molecule has 2 heterocycles. The monoisotopic (exact) mass is 313 g/mol. The maximum absolute atomic E-state index is 11.4. The summed E-state index contributed by atoms with van der Waals surface area (Å²) < 4.78 is 31.0. The van der Waals surface area contributed by atoms with Gasteiger partial charge in [-0.05, 0) is 25.7 Å². The summed E-state index contributed by atoms with van der Waals surface area (Å²) in [5, 5.41) is 5.11. The molecule has 0 bridgehead atoms. The average Bonchev–Trinajstić information content (AvgIpc) is 3.11. The van der Waals surface area contributed by atoms with Crippen LogP contribution in [0.4, 0.5) is 0 Å². The van der Waals surface area contributed by atoms with Gasteiger partial charge in [0.05, 0.1) is 18.2 Å². The Bertz CT molecular complexity index is 617. The van der Waals surface area contributed by atoms with Crippen molar-refractivity contribution in [2.75, 3.05) is 0 Å². The van der Waals surface area contributed by atoms with Crippen LogP contribution in [0.5, 0.6) is 0 Å². The van der Waals surface area contributed by atoms with Gasteiger partial charge in [-0.1, -0.05) is 19.8 Å². The Morgan fingerprint density at radius 3 is 2.76 bits per heavy atom. The van der Waals surface area contributed by atoms with Crippen molar-refractivity contribution in [1.82, 2.24) is 9.55 Å². The topological polar surface area (TPSA) is 87.2 Å². The molecule has 2 aliphatic rings. The lowest BCUT2D eigenvalue weighted by atomic mass is 9.98. The molecule has 1 saturated heterocycles. The third-order valence-electron chi connectivity index (χ3n) is 4.70. The van der Waals surface area contributed by atoms with Gasteiger partial charge in [-0.3, -0.25) is 0 Å². The van der Waals surface area contributed by atoms with Crippen LogP contribution in [0.1, 0.15) is 51.3 Å². The number of nitrogens with two attached hydrogens (primary N) is 1. The van der Waals surface area contributed by atoms with Gasteiger partial charge in [-0.15, -0.1) is 0 Å². The molecule has 0 radical (unpaired) electrons. The van der Waals surface area contributed by atoms with E-state index in [2.05, 4.69) is 4.98 Å². The minimum Gasteiger partial charge on any atom is -0.370 e. The van der Waals surface area contributed by atoms with E-state index < -0.39 is 10.0 Å². The van der Waals surface area contributed by atoms with Crippen LogP contribution in [0.25, 0.3) is 0 Å². The van der Waals surface area contributed by atoms with Crippen molar-refractivity contribution in [3.63, 3.8) is 0 Å². The number of imidazole rings is 1. The molecule has 1 aromatic rings. The summed E-state index contributed by atoms with van der Waals surface area (Å²) >= 11 is 0. The van der Waals surface area contributed by atoms with Crippen molar-refractivity contribution in [2.24, 2.45) is 5.14 Å². The lowest BCUT2D eigenvalue weighted by Gasteiger charge is -2.24. The van der Waals surface area contributed by atoms with Crippen molar-refractivity contribution in [3.05, 3.63) is 12.0 Å². The number of hydrogen-bond donors (Lipinski definition) is 1. The lowest BCUT2D eigenvalue weighted by Crippen LogP contribution is -2.26. The van der Waals surface area contributed by atoms with Crippen LogP contribution in [0.2, 0.25) is 0 Å². The van der Waals surface area contributed by atoms with Gasteiger partial charge in [-0.2, -0.15) is 0 Å². The number of rotatable bonds is 4. The predicted octanol–water partition coefficient (Wildman–Crippen LogP) is 1.58. The Labute approximate surface area is 125 Å². The molecular formula is C14H23N3O3S. The van der Waals surface area contributed by atoms with Crippen molar-refractivity contribution >= 4 is 10.0 Å². The Morgan fingerprint density at radius 1 is 1.43 bits per heavy atom. The second-order valence-electron chi connectivity index (χ2n) is 6.21. The summed E-state index contributed by atoms with van der Waals surface area (Å²) in [7, 11) is -3.74. The van der Waals surface area contributed by atoms with Gasteiger partial charge >= 0.3 is 0 Å². The van der Waals surface area contributed by atoms with Crippen molar-refractivity contribution < 1.29 is 13.2 Å². The molecule has 1 unspecified atom stereocenters. The van der Waals surface area contributed by atoms with Gasteiger partial charge in [0.2, 0.25) is 0 Å². The minimum atomic E-state index is -3.74. The summed E-state index contributed by atoms with van der Waals surface area (Å²) in [5.41, 5.74) is 0.0976. The summed E-state index contributed by atoms with van der Waals surface area (Å²) in [5.74, 6) is 0.745.